The van der Waals surface area contributed by atoms with Gasteiger partial charge in [0.15, 0.2) is 4.34 Å². The molecule has 2 atom stereocenters. The number of anilines is 1. The highest BCUT2D eigenvalue weighted by Gasteiger charge is 2.48. The molecule has 2 unspecified atom stereocenters. The summed E-state index contributed by atoms with van der Waals surface area (Å²) >= 11 is 2.40. The van der Waals surface area contributed by atoms with Crippen molar-refractivity contribution in [1.82, 2.24) is 10.2 Å². The number of hydrogen-bond donors (Lipinski definition) is 1. The highest BCUT2D eigenvalue weighted by atomic mass is 32.2. The Bertz CT molecular complexity index is 1740. The third-order valence-corrected chi connectivity index (χ3v) is 9.28. The number of carbonyl (C=O) groups is 2. The SMILES string of the molecule is CCCOc1cccc(C2/C(=C(\O)c3ccc4c(c3)CC(C)O4)C(=O)C(=O)N2c2nnc(SCc3ccccc3F)s2)c1. The number of ketones is 1. The molecule has 0 saturated carbocycles. The van der Waals surface area contributed by atoms with Crippen molar-refractivity contribution in [3.63, 3.8) is 0 Å². The Morgan fingerprint density at radius 2 is 1.98 bits per heavy atom. The molecule has 4 aromatic rings. The van der Waals surface area contributed by atoms with Crippen LogP contribution < -0.4 is 14.4 Å². The van der Waals surface area contributed by atoms with E-state index < -0.39 is 17.7 Å². The number of rotatable bonds is 9. The fourth-order valence-electron chi connectivity index (χ4n) is 5.18. The van der Waals surface area contributed by atoms with E-state index in [9.17, 15) is 19.1 Å². The van der Waals surface area contributed by atoms with Crippen molar-refractivity contribution < 1.29 is 28.6 Å². The molecule has 1 amide bonds. The number of amides is 1. The largest absolute Gasteiger partial charge is 0.507 e. The maximum absolute atomic E-state index is 14.2. The summed E-state index contributed by atoms with van der Waals surface area (Å²) in [6, 6.07) is 17.9. The van der Waals surface area contributed by atoms with Crippen LogP contribution in [0.5, 0.6) is 11.5 Å². The lowest BCUT2D eigenvalue weighted by Gasteiger charge is -2.23. The molecule has 2 aliphatic rings. The van der Waals surface area contributed by atoms with E-state index in [0.717, 1.165) is 29.1 Å². The van der Waals surface area contributed by atoms with Crippen LogP contribution in [0, 0.1) is 5.82 Å². The van der Waals surface area contributed by atoms with Crippen LogP contribution in [0.15, 0.2) is 76.6 Å². The predicted molar refractivity (Wildman–Crippen MR) is 163 cm³/mol. The Morgan fingerprint density at radius 3 is 2.79 bits per heavy atom. The second-order valence-electron chi connectivity index (χ2n) is 10.3. The minimum Gasteiger partial charge on any atom is -0.507 e. The van der Waals surface area contributed by atoms with E-state index in [-0.39, 0.29) is 28.4 Å². The van der Waals surface area contributed by atoms with Crippen molar-refractivity contribution in [1.29, 1.82) is 0 Å². The van der Waals surface area contributed by atoms with Gasteiger partial charge >= 0.3 is 5.91 Å². The molecule has 220 valence electrons. The Morgan fingerprint density at radius 1 is 1.14 bits per heavy atom. The summed E-state index contributed by atoms with van der Waals surface area (Å²) in [5, 5.41) is 20.2. The third kappa shape index (κ3) is 5.74. The minimum atomic E-state index is -0.981. The van der Waals surface area contributed by atoms with Crippen LogP contribution in [0.3, 0.4) is 0 Å². The number of ether oxygens (including phenoxy) is 2. The molecule has 3 aromatic carbocycles. The number of benzene rings is 3. The molecule has 0 spiro atoms. The van der Waals surface area contributed by atoms with E-state index in [1.165, 1.54) is 22.7 Å². The molecule has 6 rings (SSSR count). The number of aliphatic hydroxyl groups excluding tert-OH is 1. The summed E-state index contributed by atoms with van der Waals surface area (Å²) in [5.41, 5.74) is 2.36. The zero-order valence-electron chi connectivity index (χ0n) is 23.5. The molecule has 1 saturated heterocycles. The Hall–Kier alpha value is -4.22. The van der Waals surface area contributed by atoms with Crippen LogP contribution in [0.2, 0.25) is 0 Å². The standard InChI is InChI=1S/C32H28FN3O5S2/c1-3-13-40-23-9-6-8-19(16-23)27-26(28(37)20-11-12-25-22(15-20)14-18(2)41-25)29(38)30(39)36(27)31-34-35-32(43-31)42-17-21-7-4-5-10-24(21)33/h4-12,15-16,18,27,37H,3,13-14,17H2,1-2H3/b28-26+. The number of aromatic nitrogens is 2. The van der Waals surface area contributed by atoms with Crippen LogP contribution in [-0.2, 0) is 21.8 Å². The molecule has 0 bridgehead atoms. The van der Waals surface area contributed by atoms with Crippen molar-refractivity contribution in [2.45, 2.75) is 48.9 Å². The second kappa shape index (κ2) is 12.2. The monoisotopic (exact) mass is 617 g/mol. The van der Waals surface area contributed by atoms with E-state index in [2.05, 4.69) is 10.2 Å². The van der Waals surface area contributed by atoms with Crippen molar-refractivity contribution >= 4 is 45.7 Å². The van der Waals surface area contributed by atoms with Crippen LogP contribution in [0.25, 0.3) is 5.76 Å². The normalized spacial score (nSPS) is 19.0. The quantitative estimate of drug-likeness (QED) is 0.0727. The van der Waals surface area contributed by atoms with Gasteiger partial charge in [-0.25, -0.2) is 4.39 Å². The number of carbonyl (C=O) groups excluding carboxylic acids is 2. The highest BCUT2D eigenvalue weighted by Crippen LogP contribution is 2.45. The molecule has 1 N–H and O–H groups in total. The molecule has 11 heteroatoms. The summed E-state index contributed by atoms with van der Waals surface area (Å²) in [4.78, 5) is 28.5. The second-order valence-corrected chi connectivity index (χ2v) is 12.5. The van der Waals surface area contributed by atoms with Crippen molar-refractivity contribution in [2.24, 2.45) is 0 Å². The van der Waals surface area contributed by atoms with Crippen LogP contribution in [-0.4, -0.2) is 39.7 Å². The average molecular weight is 618 g/mol. The van der Waals surface area contributed by atoms with Gasteiger partial charge in [-0.3, -0.25) is 14.5 Å². The molecular formula is C32H28FN3O5S2. The number of Topliss-reactive ketones (excluding diaryl/α,β-unsaturated/α-hetero) is 1. The van der Waals surface area contributed by atoms with Gasteiger partial charge in [0, 0.05) is 17.7 Å². The first-order valence-corrected chi connectivity index (χ1v) is 15.7. The molecule has 1 fully saturated rings. The minimum absolute atomic E-state index is 0.00619. The zero-order chi connectivity index (χ0) is 30.1. The third-order valence-electron chi connectivity index (χ3n) is 7.17. The number of thioether (sulfide) groups is 1. The van der Waals surface area contributed by atoms with Gasteiger partial charge in [0.05, 0.1) is 18.2 Å². The summed E-state index contributed by atoms with van der Waals surface area (Å²) in [7, 11) is 0. The molecule has 1 aromatic heterocycles. The first-order valence-electron chi connectivity index (χ1n) is 13.9. The van der Waals surface area contributed by atoms with Crippen LogP contribution >= 0.6 is 23.1 Å². The van der Waals surface area contributed by atoms with E-state index in [0.29, 0.717) is 45.6 Å². The van der Waals surface area contributed by atoms with Crippen molar-refractivity contribution in [3.8, 4) is 11.5 Å². The van der Waals surface area contributed by atoms with Gasteiger partial charge in [0.1, 0.15) is 29.2 Å². The number of nitrogens with zero attached hydrogens (tertiary/aromatic N) is 3. The molecule has 0 radical (unpaired) electrons. The van der Waals surface area contributed by atoms with E-state index in [1.54, 1.807) is 60.7 Å². The van der Waals surface area contributed by atoms with Gasteiger partial charge in [0.2, 0.25) is 5.13 Å². The first-order chi connectivity index (χ1) is 20.8. The van der Waals surface area contributed by atoms with Gasteiger partial charge < -0.3 is 14.6 Å². The van der Waals surface area contributed by atoms with Gasteiger partial charge in [-0.2, -0.15) is 0 Å². The van der Waals surface area contributed by atoms with Crippen molar-refractivity contribution in [3.05, 3.63) is 100 Å². The zero-order valence-corrected chi connectivity index (χ0v) is 25.1. The maximum atomic E-state index is 14.2. The lowest BCUT2D eigenvalue weighted by atomic mass is 9.94. The van der Waals surface area contributed by atoms with E-state index in [4.69, 9.17) is 9.47 Å². The Balaban J connectivity index is 1.40. The number of hydrogen-bond acceptors (Lipinski definition) is 9. The van der Waals surface area contributed by atoms with Crippen LogP contribution in [0.1, 0.15) is 48.6 Å². The summed E-state index contributed by atoms with van der Waals surface area (Å²) in [6.45, 7) is 4.46. The predicted octanol–water partition coefficient (Wildman–Crippen LogP) is 6.71. The van der Waals surface area contributed by atoms with E-state index >= 15 is 0 Å². The lowest BCUT2D eigenvalue weighted by Crippen LogP contribution is -2.29. The molecule has 3 heterocycles. The maximum Gasteiger partial charge on any atom is 0.301 e. The summed E-state index contributed by atoms with van der Waals surface area (Å²) in [5.74, 6) is -0.631. The molecule has 43 heavy (non-hydrogen) atoms. The molecule has 8 nitrogen and oxygen atoms in total. The van der Waals surface area contributed by atoms with Crippen LogP contribution in [0.4, 0.5) is 9.52 Å². The average Bonchev–Trinajstić information content (AvgIpc) is 3.70. The molecule has 2 aliphatic heterocycles. The summed E-state index contributed by atoms with van der Waals surface area (Å²) in [6.07, 6.45) is 1.48. The Kier molecular flexibility index (Phi) is 8.18. The van der Waals surface area contributed by atoms with Gasteiger partial charge in [0.25, 0.3) is 5.78 Å². The van der Waals surface area contributed by atoms with Gasteiger partial charge in [-0.1, -0.05) is 60.4 Å². The summed E-state index contributed by atoms with van der Waals surface area (Å²) < 4.78 is 26.3. The highest BCUT2D eigenvalue weighted by molar-refractivity contribution is 8.00. The van der Waals surface area contributed by atoms with E-state index in [1.807, 2.05) is 13.8 Å². The Labute approximate surface area is 256 Å². The molecule has 0 aliphatic carbocycles. The lowest BCUT2D eigenvalue weighted by molar-refractivity contribution is -0.132. The van der Waals surface area contributed by atoms with Gasteiger partial charge in [-0.05, 0) is 66.4 Å². The fraction of sp³-hybridized carbons (Fsp3) is 0.250. The van der Waals surface area contributed by atoms with Crippen molar-refractivity contribution in [2.75, 3.05) is 11.5 Å². The number of aliphatic hydroxyl groups is 1. The molecular weight excluding hydrogens is 590 g/mol. The first kappa shape index (κ1) is 28.9. The number of halogens is 1. The fourth-order valence-corrected chi connectivity index (χ4v) is 7.03. The number of fused-ring (bicyclic) bond motifs is 1. The smallest absolute Gasteiger partial charge is 0.301 e. The van der Waals surface area contributed by atoms with Gasteiger partial charge in [-0.15, -0.1) is 10.2 Å². The topological polar surface area (TPSA) is 102 Å².